The third-order valence-electron chi connectivity index (χ3n) is 0. The Labute approximate surface area is 119 Å². The molecule has 3 radical (unpaired) electrons. The molecule has 4 heteroatoms. The van der Waals surface area contributed by atoms with Crippen molar-refractivity contribution in [1.29, 1.82) is 0 Å². The van der Waals surface area contributed by atoms with Gasteiger partial charge in [0.1, 0.15) is 0 Å². The van der Waals surface area contributed by atoms with Gasteiger partial charge in [-0.25, -0.2) is 0 Å². The van der Waals surface area contributed by atoms with Crippen LogP contribution in [0.25, 0.3) is 0 Å². The van der Waals surface area contributed by atoms with E-state index in [0.717, 1.165) is 0 Å². The van der Waals surface area contributed by atoms with Crippen LogP contribution in [0.4, 0.5) is 0 Å². The van der Waals surface area contributed by atoms with Gasteiger partial charge < -0.3 is 0 Å². The molecule has 0 aromatic heterocycles. The minimum atomic E-state index is 0. The molecular weight excluding hydrogens is 480 g/mol. The van der Waals surface area contributed by atoms with E-state index in [-0.39, 0.29) is 122 Å². The molecule has 0 aromatic carbocycles. The van der Waals surface area contributed by atoms with Crippen molar-refractivity contribution in [3.8, 4) is 0 Å². The van der Waals surface area contributed by atoms with Crippen molar-refractivity contribution in [3.63, 3.8) is 0 Å². The first kappa shape index (κ1) is 24.3. The van der Waals surface area contributed by atoms with Crippen molar-refractivity contribution < 1.29 is 72.6 Å². The molecule has 0 fully saturated rings. The molecule has 0 bridgehead atoms. The van der Waals surface area contributed by atoms with Crippen molar-refractivity contribution in [2.75, 3.05) is 0 Å². The fraction of sp³-hybridized carbons (Fsp3) is 0. The van der Waals surface area contributed by atoms with Gasteiger partial charge in [-0.3, -0.25) is 0 Å². The molecule has 0 atom stereocenters. The van der Waals surface area contributed by atoms with Crippen LogP contribution in [0.15, 0.2) is 0 Å². The van der Waals surface area contributed by atoms with Crippen LogP contribution in [0.5, 0.6) is 0 Å². The van der Waals surface area contributed by atoms with E-state index in [4.69, 9.17) is 0 Å². The first-order valence-corrected chi connectivity index (χ1v) is 0. The van der Waals surface area contributed by atoms with Gasteiger partial charge in [0.25, 0.3) is 0 Å². The Bertz CT molecular complexity index is 8.00. The van der Waals surface area contributed by atoms with E-state index >= 15 is 0 Å². The van der Waals surface area contributed by atoms with Crippen LogP contribution in [-0.2, 0) is 32.7 Å². The van der Waals surface area contributed by atoms with Gasteiger partial charge in [-0.15, -0.1) is 0 Å². The summed E-state index contributed by atoms with van der Waals surface area (Å²) in [6.45, 7) is 0. The molecule has 0 aliphatic rings. The predicted molar refractivity (Wildman–Crippen MR) is 18.5 cm³/mol. The zero-order valence-electron chi connectivity index (χ0n) is 1.64. The molecule has 0 saturated heterocycles. The molecule has 0 nitrogen and oxygen atoms in total. The van der Waals surface area contributed by atoms with E-state index in [2.05, 4.69) is 0 Å². The van der Waals surface area contributed by atoms with Crippen LogP contribution in [0.2, 0.25) is 0 Å². The van der Waals surface area contributed by atoms with Gasteiger partial charge in [-0.1, -0.05) is 0 Å². The minimum absolute atomic E-state index is 0. The smallest absolute Gasteiger partial charge is 0 e. The van der Waals surface area contributed by atoms with Gasteiger partial charge >= 0.3 is 49.8 Å². The molecule has 0 aliphatic heterocycles. The summed E-state index contributed by atoms with van der Waals surface area (Å²) >= 11 is 0. The molecule has 0 aromatic rings. The summed E-state index contributed by atoms with van der Waals surface area (Å²) in [5.41, 5.74) is 0. The fourth-order valence-electron chi connectivity index (χ4n) is 0. The minimum Gasteiger partial charge on any atom is 0 e. The number of hydrogen-bond acceptors (Lipinski definition) is 0. The Balaban J connectivity index is 0. The maximum Gasteiger partial charge on any atom is 0 e. The van der Waals surface area contributed by atoms with Crippen molar-refractivity contribution in [2.45, 2.75) is 0 Å². The maximum atomic E-state index is 0. The second-order valence-electron chi connectivity index (χ2n) is 0. The topological polar surface area (TPSA) is 0 Å². The van der Waals surface area contributed by atoms with Crippen LogP contribution in [0, 0.1) is 39.9 Å². The molecule has 23 valence electrons. The molecular formula is H5GdInSnY. The molecule has 0 heterocycles. The van der Waals surface area contributed by atoms with Gasteiger partial charge in [0.15, 0.2) is 0 Å². The van der Waals surface area contributed by atoms with E-state index in [1.54, 1.807) is 0 Å². The fourth-order valence-corrected chi connectivity index (χ4v) is 0. The van der Waals surface area contributed by atoms with Crippen molar-refractivity contribution in [1.82, 2.24) is 0 Å². The quantitative estimate of drug-likeness (QED) is 0.346. The first-order chi connectivity index (χ1) is 0. The zero-order valence-corrected chi connectivity index (χ0v) is 10.8. The summed E-state index contributed by atoms with van der Waals surface area (Å²) in [6, 6.07) is 0. The molecule has 0 N–H and O–H groups in total. The van der Waals surface area contributed by atoms with Gasteiger partial charge in [-0.2, -0.15) is 0 Å². The third-order valence-corrected chi connectivity index (χ3v) is 0. The van der Waals surface area contributed by atoms with Gasteiger partial charge in [0.2, 0.25) is 0 Å². The summed E-state index contributed by atoms with van der Waals surface area (Å²) in [5.74, 6) is 0. The summed E-state index contributed by atoms with van der Waals surface area (Å²) in [7, 11) is 0. The molecule has 0 amide bonds. The van der Waals surface area contributed by atoms with Crippen LogP contribution in [-0.4, -0.2) is 49.8 Å². The number of hydrogen-bond donors (Lipinski definition) is 0. The van der Waals surface area contributed by atoms with Crippen molar-refractivity contribution in [2.24, 2.45) is 0 Å². The number of rotatable bonds is 0. The SMILES string of the molecule is [Gd].[InH3].[SnH2].[Y]. The summed E-state index contributed by atoms with van der Waals surface area (Å²) in [6.07, 6.45) is 0. The average Bonchev–Trinajstić information content (AvgIpc) is 0. The Morgan fingerprint density at radius 2 is 1.00 bits per heavy atom. The third kappa shape index (κ3) is 9.44. The summed E-state index contributed by atoms with van der Waals surface area (Å²) in [5, 5.41) is 0. The molecule has 0 aliphatic carbocycles. The standard InChI is InChI=1S/Gd.In.Sn.Y.5H. The normalized spacial score (nSPS) is 0. The molecule has 0 rings (SSSR count). The second kappa shape index (κ2) is 15.7. The zero-order chi connectivity index (χ0) is 0. The van der Waals surface area contributed by atoms with Crippen LogP contribution >= 0.6 is 0 Å². The van der Waals surface area contributed by atoms with Gasteiger partial charge in [0, 0.05) is 72.6 Å². The Morgan fingerprint density at radius 1 is 1.00 bits per heavy atom. The molecule has 0 saturated carbocycles. The molecule has 0 spiro atoms. The largest absolute Gasteiger partial charge is 0 e. The first-order valence-electron chi connectivity index (χ1n) is 0. The Morgan fingerprint density at radius 3 is 1.00 bits per heavy atom. The summed E-state index contributed by atoms with van der Waals surface area (Å²) in [4.78, 5) is 0. The van der Waals surface area contributed by atoms with Gasteiger partial charge in [-0.05, 0) is 0 Å². The summed E-state index contributed by atoms with van der Waals surface area (Å²) < 4.78 is 0. The Kier molecular flexibility index (Phi) is 95.5. The van der Waals surface area contributed by atoms with Crippen LogP contribution < -0.4 is 0 Å². The van der Waals surface area contributed by atoms with E-state index in [0.29, 0.717) is 0 Å². The van der Waals surface area contributed by atoms with E-state index in [1.165, 1.54) is 0 Å². The molecule has 4 heavy (non-hydrogen) atoms. The maximum absolute atomic E-state index is 0. The second-order valence-corrected chi connectivity index (χ2v) is 0. The molecule has 0 unspecified atom stereocenters. The Hall–Kier alpha value is 4.10. The van der Waals surface area contributed by atoms with Crippen LogP contribution in [0.3, 0.4) is 0 Å². The van der Waals surface area contributed by atoms with E-state index in [9.17, 15) is 0 Å². The van der Waals surface area contributed by atoms with Crippen molar-refractivity contribution >= 4 is 49.8 Å². The van der Waals surface area contributed by atoms with Gasteiger partial charge in [0.05, 0.1) is 0 Å². The van der Waals surface area contributed by atoms with E-state index in [1.807, 2.05) is 0 Å². The monoisotopic (exact) mass is 487 g/mol. The van der Waals surface area contributed by atoms with E-state index < -0.39 is 0 Å². The van der Waals surface area contributed by atoms with Crippen LogP contribution in [0.1, 0.15) is 0 Å². The van der Waals surface area contributed by atoms with Crippen molar-refractivity contribution in [3.05, 3.63) is 0 Å². The average molecular weight is 485 g/mol. The predicted octanol–water partition coefficient (Wildman–Crippen LogP) is -2.10.